The molecule has 1 saturated heterocycles. The van der Waals surface area contributed by atoms with E-state index in [0.717, 1.165) is 17.2 Å². The predicted octanol–water partition coefficient (Wildman–Crippen LogP) is 2.94. The molecule has 7 nitrogen and oxygen atoms in total. The fourth-order valence-corrected chi connectivity index (χ4v) is 4.47. The van der Waals surface area contributed by atoms with Crippen LogP contribution in [-0.4, -0.2) is 41.4 Å². The first-order valence-corrected chi connectivity index (χ1v) is 10.8. The lowest BCUT2D eigenvalue weighted by atomic mass is 10.1. The monoisotopic (exact) mass is 428 g/mol. The molecule has 3 aromatic carbocycles. The summed E-state index contributed by atoms with van der Waals surface area (Å²) in [5, 5.41) is 4.77. The Balaban J connectivity index is 1.11. The summed E-state index contributed by atoms with van der Waals surface area (Å²) in [4.78, 5) is 39.0. The van der Waals surface area contributed by atoms with Crippen molar-refractivity contribution in [3.05, 3.63) is 83.9 Å². The van der Waals surface area contributed by atoms with Crippen LogP contribution in [0.25, 0.3) is 10.8 Å². The number of carbonyl (C=O) groups is 3. The number of urea groups is 1. The zero-order valence-electron chi connectivity index (χ0n) is 17.5. The lowest BCUT2D eigenvalue weighted by Gasteiger charge is -2.18. The van der Waals surface area contributed by atoms with E-state index in [0.29, 0.717) is 18.0 Å². The Morgan fingerprint density at radius 2 is 1.62 bits per heavy atom. The number of nitrogens with zero attached hydrogens (tertiary/aromatic N) is 1. The van der Waals surface area contributed by atoms with Crippen LogP contribution in [0.2, 0.25) is 0 Å². The molecule has 3 aromatic rings. The highest BCUT2D eigenvalue weighted by molar-refractivity contribution is 5.99. The van der Waals surface area contributed by atoms with Crippen LogP contribution in [0.4, 0.5) is 4.79 Å². The minimum atomic E-state index is -0.533. The molecule has 0 bridgehead atoms. The molecule has 0 radical (unpaired) electrons. The number of hydrogen-bond acceptors (Lipinski definition) is 3. The summed E-state index contributed by atoms with van der Waals surface area (Å²) in [5.74, 6) is 0.0200. The number of hydrogen-bond donors (Lipinski definition) is 3. The first-order chi connectivity index (χ1) is 15.6. The molecule has 1 aliphatic carbocycles. The summed E-state index contributed by atoms with van der Waals surface area (Å²) in [7, 11) is 0. The Hall–Kier alpha value is -3.87. The van der Waals surface area contributed by atoms with Crippen molar-refractivity contribution in [1.82, 2.24) is 21.1 Å². The second kappa shape index (κ2) is 8.34. The van der Waals surface area contributed by atoms with Gasteiger partial charge in [-0.1, -0.05) is 60.7 Å². The second-order valence-electron chi connectivity index (χ2n) is 8.38. The Kier molecular flexibility index (Phi) is 5.23. The van der Waals surface area contributed by atoms with E-state index in [9.17, 15) is 14.4 Å². The minimum Gasteiger partial charge on any atom is -0.337 e. The lowest BCUT2D eigenvalue weighted by Crippen LogP contribution is -2.50. The van der Waals surface area contributed by atoms with E-state index < -0.39 is 11.9 Å². The molecule has 1 heterocycles. The van der Waals surface area contributed by atoms with Crippen molar-refractivity contribution in [1.29, 1.82) is 0 Å². The van der Waals surface area contributed by atoms with Crippen molar-refractivity contribution in [3.8, 4) is 0 Å². The van der Waals surface area contributed by atoms with Gasteiger partial charge < -0.3 is 10.2 Å². The second-order valence-corrected chi connectivity index (χ2v) is 8.38. The van der Waals surface area contributed by atoms with Crippen LogP contribution in [0.3, 0.4) is 0 Å². The molecule has 2 aliphatic rings. The fraction of sp³-hybridized carbons (Fsp3) is 0.240. The third kappa shape index (κ3) is 4.14. The zero-order valence-corrected chi connectivity index (χ0v) is 17.5. The van der Waals surface area contributed by atoms with Crippen LogP contribution < -0.4 is 16.2 Å². The number of amides is 4. The largest absolute Gasteiger partial charge is 0.337 e. The number of rotatable bonds is 4. The van der Waals surface area contributed by atoms with E-state index in [1.54, 1.807) is 12.1 Å². The van der Waals surface area contributed by atoms with Gasteiger partial charge in [-0.25, -0.2) is 10.2 Å². The minimum absolute atomic E-state index is 0.0546. The number of nitrogens with one attached hydrogen (secondary N) is 3. The Morgan fingerprint density at radius 1 is 0.875 bits per heavy atom. The number of benzene rings is 3. The molecule has 3 N–H and O–H groups in total. The SMILES string of the molecule is O=C(NNC(=O)c1ccc2ccccc2c1)NC1CC(=O)N(C2CC2c2ccccc2)C1. The molecule has 3 unspecified atom stereocenters. The first-order valence-electron chi connectivity index (χ1n) is 10.8. The van der Waals surface area contributed by atoms with Crippen LogP contribution in [0.5, 0.6) is 0 Å². The Labute approximate surface area is 185 Å². The van der Waals surface area contributed by atoms with Crippen LogP contribution in [0, 0.1) is 0 Å². The van der Waals surface area contributed by atoms with Crippen molar-refractivity contribution in [3.63, 3.8) is 0 Å². The molecule has 5 rings (SSSR count). The van der Waals surface area contributed by atoms with E-state index in [1.807, 2.05) is 53.4 Å². The van der Waals surface area contributed by atoms with Gasteiger partial charge >= 0.3 is 6.03 Å². The van der Waals surface area contributed by atoms with Crippen molar-refractivity contribution in [2.45, 2.75) is 30.8 Å². The van der Waals surface area contributed by atoms with Crippen LogP contribution in [0.15, 0.2) is 72.8 Å². The fourth-order valence-electron chi connectivity index (χ4n) is 4.47. The first kappa shape index (κ1) is 20.1. The van der Waals surface area contributed by atoms with E-state index >= 15 is 0 Å². The average Bonchev–Trinajstić information content (AvgIpc) is 3.53. The van der Waals surface area contributed by atoms with E-state index in [4.69, 9.17) is 0 Å². The van der Waals surface area contributed by atoms with Gasteiger partial charge in [0.25, 0.3) is 5.91 Å². The number of likely N-dealkylation sites (tertiary alicyclic amines) is 1. The number of hydrazine groups is 1. The van der Waals surface area contributed by atoms with E-state index in [2.05, 4.69) is 28.3 Å². The zero-order chi connectivity index (χ0) is 22.1. The van der Waals surface area contributed by atoms with Gasteiger partial charge in [0.15, 0.2) is 0 Å². The molecule has 162 valence electrons. The molecule has 2 fully saturated rings. The molecular weight excluding hydrogens is 404 g/mol. The summed E-state index contributed by atoms with van der Waals surface area (Å²) in [6.07, 6.45) is 1.22. The van der Waals surface area contributed by atoms with Crippen molar-refractivity contribution >= 4 is 28.6 Å². The molecule has 1 saturated carbocycles. The highest BCUT2D eigenvalue weighted by Gasteiger charge is 2.47. The van der Waals surface area contributed by atoms with Gasteiger partial charge in [-0.3, -0.25) is 15.0 Å². The van der Waals surface area contributed by atoms with E-state index in [-0.39, 0.29) is 24.4 Å². The molecule has 4 amide bonds. The molecule has 1 aliphatic heterocycles. The molecular formula is C25H24N4O3. The molecule has 3 atom stereocenters. The predicted molar refractivity (Wildman–Crippen MR) is 121 cm³/mol. The quantitative estimate of drug-likeness (QED) is 0.558. The van der Waals surface area contributed by atoms with Gasteiger partial charge in [0.05, 0.1) is 6.04 Å². The highest BCUT2D eigenvalue weighted by atomic mass is 16.2. The van der Waals surface area contributed by atoms with Gasteiger partial charge in [-0.05, 0) is 34.9 Å². The van der Waals surface area contributed by atoms with Crippen molar-refractivity contribution in [2.24, 2.45) is 0 Å². The van der Waals surface area contributed by atoms with Gasteiger partial charge in [0, 0.05) is 30.5 Å². The maximum absolute atomic E-state index is 12.5. The smallest absolute Gasteiger partial charge is 0.333 e. The molecule has 32 heavy (non-hydrogen) atoms. The van der Waals surface area contributed by atoms with Crippen molar-refractivity contribution in [2.75, 3.05) is 6.54 Å². The molecule has 7 heteroatoms. The summed E-state index contributed by atoms with van der Waals surface area (Å²) < 4.78 is 0. The number of carbonyl (C=O) groups excluding carboxylic acids is 3. The average molecular weight is 428 g/mol. The summed E-state index contributed by atoms with van der Waals surface area (Å²) in [6, 6.07) is 22.7. The topological polar surface area (TPSA) is 90.5 Å². The van der Waals surface area contributed by atoms with Gasteiger partial charge in [0.2, 0.25) is 5.91 Å². The Morgan fingerprint density at radius 3 is 2.44 bits per heavy atom. The summed E-state index contributed by atoms with van der Waals surface area (Å²) in [5.41, 5.74) is 6.51. The van der Waals surface area contributed by atoms with Gasteiger partial charge in [-0.15, -0.1) is 0 Å². The standard InChI is InChI=1S/C25H24N4O3/c30-23-13-20(15-29(23)22-14-21(22)17-7-2-1-3-8-17)26-25(32)28-27-24(31)19-11-10-16-6-4-5-9-18(16)12-19/h1-12,20-22H,13-15H2,(H,27,31)(H2,26,28,32). The van der Waals surface area contributed by atoms with Gasteiger partial charge in [-0.2, -0.15) is 0 Å². The van der Waals surface area contributed by atoms with Crippen LogP contribution in [-0.2, 0) is 4.79 Å². The Bertz CT molecular complexity index is 1180. The summed E-state index contributed by atoms with van der Waals surface area (Å²) >= 11 is 0. The lowest BCUT2D eigenvalue weighted by molar-refractivity contribution is -0.128. The third-order valence-corrected chi connectivity index (χ3v) is 6.18. The maximum atomic E-state index is 12.5. The van der Waals surface area contributed by atoms with Crippen molar-refractivity contribution < 1.29 is 14.4 Å². The van der Waals surface area contributed by atoms with Crippen LogP contribution in [0.1, 0.15) is 34.7 Å². The highest BCUT2D eigenvalue weighted by Crippen LogP contribution is 2.45. The maximum Gasteiger partial charge on any atom is 0.333 e. The normalized spacial score (nSPS) is 21.9. The summed E-state index contributed by atoms with van der Waals surface area (Å²) in [6.45, 7) is 0.485. The third-order valence-electron chi connectivity index (χ3n) is 6.18. The van der Waals surface area contributed by atoms with Crippen LogP contribution >= 0.6 is 0 Å². The molecule has 0 aromatic heterocycles. The van der Waals surface area contributed by atoms with Gasteiger partial charge in [0.1, 0.15) is 0 Å². The molecule has 0 spiro atoms. The van der Waals surface area contributed by atoms with E-state index in [1.165, 1.54) is 5.56 Å². The number of fused-ring (bicyclic) bond motifs is 1.